The van der Waals surface area contributed by atoms with Crippen molar-refractivity contribution in [1.29, 1.82) is 0 Å². The summed E-state index contributed by atoms with van der Waals surface area (Å²) in [5.41, 5.74) is 1.68. The summed E-state index contributed by atoms with van der Waals surface area (Å²) in [6.07, 6.45) is 0. The monoisotopic (exact) mass is 419 g/mol. The zero-order valence-corrected chi connectivity index (χ0v) is 19.4. The molecule has 0 aromatic heterocycles. The van der Waals surface area contributed by atoms with Gasteiger partial charge in [-0.1, -0.05) is 24.3 Å². The fourth-order valence-corrected chi connectivity index (χ4v) is 3.39. The first kappa shape index (κ1) is 24.6. The van der Waals surface area contributed by atoms with E-state index in [0.29, 0.717) is 25.7 Å². The fraction of sp³-hybridized carbons (Fsp3) is 0.696. The molecule has 1 aromatic rings. The number of hydrogen-bond acceptors (Lipinski definition) is 5. The van der Waals surface area contributed by atoms with Gasteiger partial charge >= 0.3 is 0 Å². The molecule has 0 amide bonds. The molecule has 30 heavy (non-hydrogen) atoms. The van der Waals surface area contributed by atoms with Crippen LogP contribution in [-0.2, 0) is 17.8 Å². The van der Waals surface area contributed by atoms with Crippen LogP contribution < -0.4 is 10.6 Å². The Bertz CT molecular complexity index is 657. The first-order valence-corrected chi connectivity index (χ1v) is 11.1. The Morgan fingerprint density at radius 3 is 2.53 bits per heavy atom. The molecule has 7 nitrogen and oxygen atoms in total. The molecule has 1 heterocycles. The highest BCUT2D eigenvalue weighted by Gasteiger charge is 2.25. The van der Waals surface area contributed by atoms with Gasteiger partial charge in [-0.25, -0.2) is 4.99 Å². The molecule has 0 radical (unpaired) electrons. The van der Waals surface area contributed by atoms with Crippen molar-refractivity contribution in [3.8, 4) is 0 Å². The number of nitrogens with one attached hydrogen (secondary N) is 2. The van der Waals surface area contributed by atoms with Crippen molar-refractivity contribution in [3.63, 3.8) is 0 Å². The second kappa shape index (κ2) is 12.2. The minimum absolute atomic E-state index is 0.438. The van der Waals surface area contributed by atoms with Crippen molar-refractivity contribution in [2.24, 2.45) is 4.99 Å². The molecule has 1 saturated heterocycles. The molecular formula is C23H41N5O2. The lowest BCUT2D eigenvalue weighted by Gasteiger charge is -2.34. The molecule has 0 saturated carbocycles. The maximum atomic E-state index is 10.8. The Labute approximate surface area is 182 Å². The van der Waals surface area contributed by atoms with Crippen molar-refractivity contribution in [2.75, 3.05) is 53.0 Å². The van der Waals surface area contributed by atoms with Crippen LogP contribution >= 0.6 is 0 Å². The first-order valence-electron chi connectivity index (χ1n) is 11.1. The van der Waals surface area contributed by atoms with Gasteiger partial charge in [0.2, 0.25) is 0 Å². The van der Waals surface area contributed by atoms with Crippen molar-refractivity contribution in [1.82, 2.24) is 20.4 Å². The Hall–Kier alpha value is -1.67. The highest BCUT2D eigenvalue weighted by molar-refractivity contribution is 5.79. The van der Waals surface area contributed by atoms with Crippen LogP contribution in [0.2, 0.25) is 0 Å². The molecule has 1 aliphatic heterocycles. The minimum atomic E-state index is -0.842. The maximum absolute atomic E-state index is 10.8. The summed E-state index contributed by atoms with van der Waals surface area (Å²) in [5.74, 6) is 0.728. The second-order valence-electron chi connectivity index (χ2n) is 8.71. The van der Waals surface area contributed by atoms with Gasteiger partial charge in [-0.2, -0.15) is 0 Å². The largest absolute Gasteiger partial charge is 0.387 e. The minimum Gasteiger partial charge on any atom is -0.387 e. The van der Waals surface area contributed by atoms with E-state index < -0.39 is 5.60 Å². The number of ether oxygens (including phenoxy) is 1. The lowest BCUT2D eigenvalue weighted by Crippen LogP contribution is -2.52. The standard InChI is InChI=1S/C23H41N5O2/c1-6-24-22(26-17-23(4,29)18-28-11-13-30-14-12-28)25-15-20-9-7-8-10-21(20)16-27(5)19(2)3/h7-10,19,29H,6,11-18H2,1-5H3,(H2,24,25,26). The third-order valence-electron chi connectivity index (χ3n) is 5.48. The summed E-state index contributed by atoms with van der Waals surface area (Å²) >= 11 is 0. The smallest absolute Gasteiger partial charge is 0.191 e. The molecular weight excluding hydrogens is 378 g/mol. The van der Waals surface area contributed by atoms with E-state index in [1.54, 1.807) is 0 Å². The van der Waals surface area contributed by atoms with Crippen molar-refractivity contribution in [3.05, 3.63) is 35.4 Å². The number of benzene rings is 1. The summed E-state index contributed by atoms with van der Waals surface area (Å²) in [5, 5.41) is 17.4. The Balaban J connectivity index is 1.97. The van der Waals surface area contributed by atoms with Gasteiger partial charge < -0.3 is 20.5 Å². The third-order valence-corrected chi connectivity index (χ3v) is 5.48. The topological polar surface area (TPSA) is 72.4 Å². The quantitative estimate of drug-likeness (QED) is 0.396. The van der Waals surface area contributed by atoms with E-state index in [4.69, 9.17) is 9.73 Å². The number of rotatable bonds is 10. The van der Waals surface area contributed by atoms with Crippen LogP contribution in [0.1, 0.15) is 38.8 Å². The van der Waals surface area contributed by atoms with Crippen LogP contribution in [0.15, 0.2) is 29.3 Å². The molecule has 1 aromatic carbocycles. The van der Waals surface area contributed by atoms with E-state index in [0.717, 1.165) is 45.4 Å². The molecule has 1 aliphatic rings. The van der Waals surface area contributed by atoms with E-state index in [2.05, 4.69) is 72.5 Å². The SMILES string of the molecule is CCNC(=NCc1ccccc1CN(C)C(C)C)NCC(C)(O)CN1CCOCC1. The summed E-state index contributed by atoms with van der Waals surface area (Å²) in [4.78, 5) is 9.35. The normalized spacial score (nSPS) is 17.9. The zero-order chi connectivity index (χ0) is 22.0. The van der Waals surface area contributed by atoms with Gasteiger partial charge in [0.1, 0.15) is 0 Å². The maximum Gasteiger partial charge on any atom is 0.191 e. The lowest BCUT2D eigenvalue weighted by molar-refractivity contribution is -0.0201. The van der Waals surface area contributed by atoms with E-state index in [1.807, 2.05) is 6.92 Å². The fourth-order valence-electron chi connectivity index (χ4n) is 3.39. The van der Waals surface area contributed by atoms with Crippen LogP contribution in [0.4, 0.5) is 0 Å². The second-order valence-corrected chi connectivity index (χ2v) is 8.71. The number of aliphatic hydroxyl groups is 1. The number of morpholine rings is 1. The van der Waals surface area contributed by atoms with Crippen LogP contribution in [-0.4, -0.2) is 85.5 Å². The molecule has 7 heteroatoms. The van der Waals surface area contributed by atoms with Crippen LogP contribution in [0.25, 0.3) is 0 Å². The van der Waals surface area contributed by atoms with Crippen molar-refractivity contribution >= 4 is 5.96 Å². The molecule has 1 atom stereocenters. The van der Waals surface area contributed by atoms with Crippen molar-refractivity contribution < 1.29 is 9.84 Å². The number of guanidine groups is 1. The number of β-amino-alcohol motifs (C(OH)–C–C–N with tert-alkyl or cyclic N) is 1. The Morgan fingerprint density at radius 2 is 1.90 bits per heavy atom. The zero-order valence-electron chi connectivity index (χ0n) is 19.4. The molecule has 1 unspecified atom stereocenters. The number of nitrogens with zero attached hydrogens (tertiary/aromatic N) is 3. The molecule has 0 spiro atoms. The summed E-state index contributed by atoms with van der Waals surface area (Å²) in [7, 11) is 2.15. The first-order chi connectivity index (χ1) is 14.3. The Kier molecular flexibility index (Phi) is 10.0. The van der Waals surface area contributed by atoms with Gasteiger partial charge in [0.15, 0.2) is 5.96 Å². The molecule has 0 bridgehead atoms. The van der Waals surface area contributed by atoms with Gasteiger partial charge in [0.25, 0.3) is 0 Å². The lowest BCUT2D eigenvalue weighted by atomic mass is 10.1. The van der Waals surface area contributed by atoms with Crippen LogP contribution in [0.5, 0.6) is 0 Å². The van der Waals surface area contributed by atoms with Gasteiger partial charge in [0, 0.05) is 45.3 Å². The van der Waals surface area contributed by atoms with Gasteiger partial charge in [-0.3, -0.25) is 9.80 Å². The highest BCUT2D eigenvalue weighted by Crippen LogP contribution is 2.14. The molecule has 170 valence electrons. The summed E-state index contributed by atoms with van der Waals surface area (Å²) in [6, 6.07) is 8.97. The summed E-state index contributed by atoms with van der Waals surface area (Å²) in [6.45, 7) is 14.9. The average Bonchev–Trinajstić information content (AvgIpc) is 2.71. The highest BCUT2D eigenvalue weighted by atomic mass is 16.5. The van der Waals surface area contributed by atoms with E-state index >= 15 is 0 Å². The third kappa shape index (κ3) is 8.60. The van der Waals surface area contributed by atoms with Gasteiger partial charge in [-0.15, -0.1) is 0 Å². The predicted molar refractivity (Wildman–Crippen MR) is 124 cm³/mol. The van der Waals surface area contributed by atoms with E-state index in [-0.39, 0.29) is 0 Å². The molecule has 3 N–H and O–H groups in total. The van der Waals surface area contributed by atoms with E-state index in [1.165, 1.54) is 11.1 Å². The average molecular weight is 420 g/mol. The van der Waals surface area contributed by atoms with Gasteiger partial charge in [-0.05, 0) is 45.9 Å². The number of aliphatic imine (C=N–C) groups is 1. The molecule has 2 rings (SSSR count). The number of hydrogen-bond donors (Lipinski definition) is 3. The van der Waals surface area contributed by atoms with Gasteiger partial charge in [0.05, 0.1) is 25.4 Å². The predicted octanol–water partition coefficient (Wildman–Crippen LogP) is 1.67. The van der Waals surface area contributed by atoms with E-state index in [9.17, 15) is 5.11 Å². The molecule has 1 fully saturated rings. The Morgan fingerprint density at radius 1 is 1.23 bits per heavy atom. The van der Waals surface area contributed by atoms with Crippen molar-refractivity contribution in [2.45, 2.75) is 52.4 Å². The summed E-state index contributed by atoms with van der Waals surface area (Å²) < 4.78 is 5.39. The molecule has 0 aliphatic carbocycles. The van der Waals surface area contributed by atoms with Crippen LogP contribution in [0.3, 0.4) is 0 Å². The van der Waals surface area contributed by atoms with Crippen LogP contribution in [0, 0.1) is 0 Å².